The summed E-state index contributed by atoms with van der Waals surface area (Å²) in [5.74, 6) is 0.0823. The van der Waals surface area contributed by atoms with Gasteiger partial charge in [0, 0.05) is 31.5 Å². The maximum atomic E-state index is 12.7. The summed E-state index contributed by atoms with van der Waals surface area (Å²) >= 11 is 0. The van der Waals surface area contributed by atoms with Crippen LogP contribution in [0.4, 0.5) is 0 Å². The molecule has 164 valence electrons. The second-order valence-corrected chi connectivity index (χ2v) is 9.48. The fourth-order valence-corrected chi connectivity index (χ4v) is 4.31. The smallest absolute Gasteiger partial charge is 0.225 e. The Morgan fingerprint density at radius 3 is 2.50 bits per heavy atom. The lowest BCUT2D eigenvalue weighted by atomic mass is 9.85. The molecule has 1 aromatic carbocycles. The number of rotatable bonds is 3. The predicted octanol–water partition coefficient (Wildman–Crippen LogP) is 4.82. The number of piperidine rings is 1. The first-order valence-electron chi connectivity index (χ1n) is 11.3. The van der Waals surface area contributed by atoms with Crippen LogP contribution >= 0.6 is 0 Å². The molecule has 1 fully saturated rings. The highest BCUT2D eigenvalue weighted by atomic mass is 16.2. The molecule has 3 aliphatic rings. The van der Waals surface area contributed by atoms with Crippen LogP contribution in [0.1, 0.15) is 51.2 Å². The van der Waals surface area contributed by atoms with Crippen molar-refractivity contribution in [1.82, 2.24) is 10.2 Å². The lowest BCUT2D eigenvalue weighted by Gasteiger charge is -2.31. The van der Waals surface area contributed by atoms with Gasteiger partial charge < -0.3 is 10.2 Å². The second-order valence-electron chi connectivity index (χ2n) is 9.48. The van der Waals surface area contributed by atoms with Crippen LogP contribution in [-0.2, 0) is 9.59 Å². The molecule has 0 aromatic heterocycles. The van der Waals surface area contributed by atoms with Gasteiger partial charge in [0.1, 0.15) is 0 Å². The maximum absolute atomic E-state index is 12.7. The molecule has 1 heterocycles. The van der Waals surface area contributed by atoms with E-state index >= 15 is 0 Å². The van der Waals surface area contributed by atoms with Crippen molar-refractivity contribution in [2.24, 2.45) is 5.41 Å². The molecular formula is C28H30N2O2. The molecule has 4 nitrogen and oxygen atoms in total. The van der Waals surface area contributed by atoms with Crippen molar-refractivity contribution in [2.75, 3.05) is 19.6 Å². The summed E-state index contributed by atoms with van der Waals surface area (Å²) < 4.78 is 0. The fourth-order valence-electron chi connectivity index (χ4n) is 4.31. The molecule has 1 aromatic rings. The number of hydrogen-bond donors (Lipinski definition) is 1. The van der Waals surface area contributed by atoms with Gasteiger partial charge in [0.05, 0.1) is 0 Å². The van der Waals surface area contributed by atoms with E-state index in [9.17, 15) is 9.59 Å². The van der Waals surface area contributed by atoms with E-state index in [1.54, 1.807) is 0 Å². The van der Waals surface area contributed by atoms with Gasteiger partial charge in [-0.2, -0.15) is 0 Å². The Morgan fingerprint density at radius 1 is 1.03 bits per heavy atom. The zero-order valence-electron chi connectivity index (χ0n) is 19.1. The van der Waals surface area contributed by atoms with Crippen molar-refractivity contribution in [3.05, 3.63) is 81.8 Å². The largest absolute Gasteiger partial charge is 0.355 e. The molecule has 0 unspecified atom stereocenters. The standard InChI is InChI=1S/C28H30N2O2/c1-28(2,3)27(32)29-17-14-25(31)30-18-15-22(16-19-30)26-23-10-6-4-8-20(23)12-13-21-9-5-7-11-24(21)26/h4,6,8-13H,14-19H2,1-3H3,(H,29,32). The summed E-state index contributed by atoms with van der Waals surface area (Å²) in [6.45, 7) is 7.42. The molecule has 4 heteroatoms. The summed E-state index contributed by atoms with van der Waals surface area (Å²) in [6.07, 6.45) is 10.4. The Hall–Kier alpha value is -3.32. The van der Waals surface area contributed by atoms with E-state index < -0.39 is 5.41 Å². The number of benzene rings is 1. The lowest BCUT2D eigenvalue weighted by Crippen LogP contribution is -2.40. The molecule has 1 N–H and O–H groups in total. The molecule has 0 atom stereocenters. The first kappa shape index (κ1) is 21.9. The van der Waals surface area contributed by atoms with Crippen LogP contribution in [0.3, 0.4) is 0 Å². The molecular weight excluding hydrogens is 396 g/mol. The van der Waals surface area contributed by atoms with E-state index in [0.29, 0.717) is 26.1 Å². The van der Waals surface area contributed by atoms with Crippen LogP contribution in [0.25, 0.3) is 11.6 Å². The van der Waals surface area contributed by atoms with E-state index in [1.807, 2.05) is 37.8 Å². The Labute approximate surface area is 190 Å². The average Bonchev–Trinajstić information content (AvgIpc) is 2.95. The predicted molar refractivity (Wildman–Crippen MR) is 128 cm³/mol. The first-order chi connectivity index (χ1) is 15.3. The number of likely N-dealkylation sites (tertiary alicyclic amines) is 1. The van der Waals surface area contributed by atoms with Gasteiger partial charge >= 0.3 is 0 Å². The topological polar surface area (TPSA) is 49.4 Å². The van der Waals surface area contributed by atoms with E-state index in [1.165, 1.54) is 27.8 Å². The summed E-state index contributed by atoms with van der Waals surface area (Å²) in [4.78, 5) is 26.7. The zero-order valence-corrected chi connectivity index (χ0v) is 19.1. The molecule has 2 aliphatic carbocycles. The monoisotopic (exact) mass is 426 g/mol. The first-order valence-corrected chi connectivity index (χ1v) is 11.3. The lowest BCUT2D eigenvalue weighted by molar-refractivity contribution is -0.132. The quantitative estimate of drug-likeness (QED) is 0.705. The summed E-state index contributed by atoms with van der Waals surface area (Å²) in [5.41, 5.74) is 13.2. The van der Waals surface area contributed by atoms with Crippen molar-refractivity contribution >= 4 is 23.5 Å². The Balaban J connectivity index is 1.48. The van der Waals surface area contributed by atoms with Crippen LogP contribution in [0.2, 0.25) is 0 Å². The Kier molecular flexibility index (Phi) is 6.19. The number of carbonyl (C=O) groups excluding carboxylic acids is 2. The van der Waals surface area contributed by atoms with Gasteiger partial charge in [0.25, 0.3) is 0 Å². The van der Waals surface area contributed by atoms with Crippen LogP contribution in [-0.4, -0.2) is 36.3 Å². The molecule has 2 amide bonds. The van der Waals surface area contributed by atoms with Crippen molar-refractivity contribution in [1.29, 1.82) is 0 Å². The number of carbonyl (C=O) groups is 2. The van der Waals surface area contributed by atoms with Gasteiger partial charge in [-0.1, -0.05) is 74.2 Å². The van der Waals surface area contributed by atoms with Gasteiger partial charge in [-0.25, -0.2) is 0 Å². The van der Waals surface area contributed by atoms with Crippen molar-refractivity contribution in [2.45, 2.75) is 40.0 Å². The highest BCUT2D eigenvalue weighted by molar-refractivity contribution is 5.92. The number of amides is 2. The number of allylic oxidation sites excluding steroid dienone is 6. The summed E-state index contributed by atoms with van der Waals surface area (Å²) in [5, 5.41) is 2.87. The average molecular weight is 427 g/mol. The molecule has 1 aliphatic heterocycles. The third-order valence-electron chi connectivity index (χ3n) is 6.16. The highest BCUT2D eigenvalue weighted by Crippen LogP contribution is 2.39. The van der Waals surface area contributed by atoms with E-state index in [0.717, 1.165) is 18.4 Å². The normalized spacial score (nSPS) is 17.3. The van der Waals surface area contributed by atoms with E-state index in [-0.39, 0.29) is 11.8 Å². The van der Waals surface area contributed by atoms with Crippen LogP contribution in [0.15, 0.2) is 70.7 Å². The van der Waals surface area contributed by atoms with Crippen molar-refractivity contribution in [3.8, 4) is 0 Å². The van der Waals surface area contributed by atoms with Gasteiger partial charge in [0.15, 0.2) is 0 Å². The third-order valence-corrected chi connectivity index (χ3v) is 6.16. The highest BCUT2D eigenvalue weighted by Gasteiger charge is 2.26. The molecule has 0 radical (unpaired) electrons. The summed E-state index contributed by atoms with van der Waals surface area (Å²) in [6, 6.07) is 8.49. The second kappa shape index (κ2) is 9.04. The number of nitrogens with zero attached hydrogens (tertiary/aromatic N) is 1. The SMILES string of the molecule is CC(C)(C)C(=O)NCCC(=O)N1CCC(=C2C3=C(C=C=C=C3)C=Cc3ccccc32)CC1. The van der Waals surface area contributed by atoms with Gasteiger partial charge in [-0.05, 0) is 52.8 Å². The Morgan fingerprint density at radius 2 is 1.75 bits per heavy atom. The molecule has 1 saturated heterocycles. The van der Waals surface area contributed by atoms with Crippen molar-refractivity contribution in [3.63, 3.8) is 0 Å². The van der Waals surface area contributed by atoms with Crippen LogP contribution < -0.4 is 5.32 Å². The number of hydrogen-bond acceptors (Lipinski definition) is 2. The molecule has 0 spiro atoms. The number of nitrogens with one attached hydrogen (secondary N) is 1. The fraction of sp³-hybridized carbons (Fsp3) is 0.357. The minimum absolute atomic E-state index is 0.0238. The van der Waals surface area contributed by atoms with Crippen LogP contribution in [0, 0.1) is 5.41 Å². The van der Waals surface area contributed by atoms with E-state index in [2.05, 4.69) is 53.2 Å². The number of fused-ring (bicyclic) bond motifs is 1. The van der Waals surface area contributed by atoms with Gasteiger partial charge in [-0.3, -0.25) is 9.59 Å². The van der Waals surface area contributed by atoms with Crippen molar-refractivity contribution < 1.29 is 9.59 Å². The van der Waals surface area contributed by atoms with Crippen LogP contribution in [0.5, 0.6) is 0 Å². The molecule has 0 saturated carbocycles. The third kappa shape index (κ3) is 4.62. The minimum Gasteiger partial charge on any atom is -0.355 e. The maximum Gasteiger partial charge on any atom is 0.225 e. The minimum atomic E-state index is -0.440. The van der Waals surface area contributed by atoms with Gasteiger partial charge in [0.2, 0.25) is 11.8 Å². The Bertz CT molecular complexity index is 1130. The van der Waals surface area contributed by atoms with E-state index in [4.69, 9.17) is 0 Å². The molecule has 4 rings (SSSR count). The zero-order chi connectivity index (χ0) is 22.7. The molecule has 0 bridgehead atoms. The molecule has 32 heavy (non-hydrogen) atoms. The van der Waals surface area contributed by atoms with Gasteiger partial charge in [-0.15, -0.1) is 0 Å². The summed E-state index contributed by atoms with van der Waals surface area (Å²) in [7, 11) is 0.